The van der Waals surface area contributed by atoms with Crippen LogP contribution in [0, 0.1) is 6.92 Å². The van der Waals surface area contributed by atoms with Crippen LogP contribution in [0.2, 0.25) is 0 Å². The second-order valence-electron chi connectivity index (χ2n) is 7.30. The molecule has 0 amide bonds. The predicted octanol–water partition coefficient (Wildman–Crippen LogP) is 3.61. The van der Waals surface area contributed by atoms with Crippen LogP contribution in [0.25, 0.3) is 0 Å². The highest BCUT2D eigenvalue weighted by atomic mass is 32.1. The zero-order valence-electron chi connectivity index (χ0n) is 16.9. The molecule has 6 heteroatoms. The van der Waals surface area contributed by atoms with Crippen molar-refractivity contribution in [1.29, 1.82) is 0 Å². The summed E-state index contributed by atoms with van der Waals surface area (Å²) in [7, 11) is 5.62. The topological polar surface area (TPSA) is 37.8 Å². The molecular formula is C21H31N3O2S. The average Bonchev–Trinajstić information content (AvgIpc) is 3.10. The van der Waals surface area contributed by atoms with Crippen LogP contribution in [-0.2, 0) is 13.0 Å². The van der Waals surface area contributed by atoms with Crippen LogP contribution in [0.3, 0.4) is 0 Å². The van der Waals surface area contributed by atoms with E-state index in [0.29, 0.717) is 6.04 Å². The fraction of sp³-hybridized carbons (Fsp3) is 0.571. The molecule has 0 saturated carbocycles. The molecule has 1 aromatic carbocycles. The smallest absolute Gasteiger partial charge is 0.160 e. The molecule has 1 fully saturated rings. The first kappa shape index (κ1) is 20.1. The Balaban J connectivity index is 1.52. The van der Waals surface area contributed by atoms with Gasteiger partial charge >= 0.3 is 0 Å². The minimum absolute atomic E-state index is 0.618. The van der Waals surface area contributed by atoms with Gasteiger partial charge in [-0.15, -0.1) is 11.3 Å². The third-order valence-electron chi connectivity index (χ3n) is 5.35. The molecule has 1 aliphatic heterocycles. The predicted molar refractivity (Wildman–Crippen MR) is 111 cm³/mol. The van der Waals surface area contributed by atoms with E-state index in [-0.39, 0.29) is 0 Å². The number of thiazole rings is 1. The van der Waals surface area contributed by atoms with Crippen molar-refractivity contribution in [3.05, 3.63) is 39.8 Å². The molecule has 1 saturated heterocycles. The first-order valence-corrected chi connectivity index (χ1v) is 10.5. The number of benzene rings is 1. The number of piperidine rings is 1. The molecule has 5 nitrogen and oxygen atoms in total. The van der Waals surface area contributed by atoms with E-state index in [2.05, 4.69) is 40.9 Å². The molecule has 0 unspecified atom stereocenters. The highest BCUT2D eigenvalue weighted by Gasteiger charge is 2.23. The highest BCUT2D eigenvalue weighted by Crippen LogP contribution is 2.28. The maximum absolute atomic E-state index is 5.42. The van der Waals surface area contributed by atoms with E-state index in [1.54, 1.807) is 14.2 Å². The van der Waals surface area contributed by atoms with Gasteiger partial charge in [-0.1, -0.05) is 6.07 Å². The van der Waals surface area contributed by atoms with Gasteiger partial charge in [-0.2, -0.15) is 0 Å². The molecular weight excluding hydrogens is 358 g/mol. The Kier molecular flexibility index (Phi) is 7.10. The average molecular weight is 390 g/mol. The molecule has 1 atom stereocenters. The van der Waals surface area contributed by atoms with Gasteiger partial charge in [-0.05, 0) is 57.5 Å². The fourth-order valence-corrected chi connectivity index (χ4v) is 4.59. The molecule has 148 valence electrons. The number of ether oxygens (including phenoxy) is 2. The zero-order valence-corrected chi connectivity index (χ0v) is 17.7. The summed E-state index contributed by atoms with van der Waals surface area (Å²) in [6.45, 7) is 6.49. The Hall–Kier alpha value is -1.63. The first-order chi connectivity index (χ1) is 13.1. The Labute approximate surface area is 166 Å². The van der Waals surface area contributed by atoms with Gasteiger partial charge in [0.15, 0.2) is 11.5 Å². The Morgan fingerprint density at radius 1 is 1.26 bits per heavy atom. The second-order valence-corrected chi connectivity index (χ2v) is 8.62. The van der Waals surface area contributed by atoms with Crippen molar-refractivity contribution in [2.45, 2.75) is 38.8 Å². The van der Waals surface area contributed by atoms with Crippen molar-refractivity contribution in [3.8, 4) is 11.5 Å². The van der Waals surface area contributed by atoms with E-state index < -0.39 is 0 Å². The van der Waals surface area contributed by atoms with E-state index in [1.807, 2.05) is 23.6 Å². The number of aryl methyl sites for hydroxylation is 1. The standard InChI is InChI=1S/C21H31N3O2S/c1-16-22-13-19(27-16)15-24-10-5-6-18(14-24)23(2)11-9-17-7-8-20(25-3)21(12-17)26-4/h7-8,12-13,18H,5-6,9-11,14-15H2,1-4H3/t18-/m0/s1. The highest BCUT2D eigenvalue weighted by molar-refractivity contribution is 7.11. The molecule has 0 radical (unpaired) electrons. The van der Waals surface area contributed by atoms with Crippen LogP contribution in [0.5, 0.6) is 11.5 Å². The van der Waals surface area contributed by atoms with Gasteiger partial charge in [0.25, 0.3) is 0 Å². The SMILES string of the molecule is COc1ccc(CCN(C)[C@H]2CCCN(Cc3cnc(C)s3)C2)cc1OC. The van der Waals surface area contributed by atoms with Crippen molar-refractivity contribution in [2.24, 2.45) is 0 Å². The second kappa shape index (κ2) is 9.53. The summed E-state index contributed by atoms with van der Waals surface area (Å²) in [5.41, 5.74) is 1.28. The lowest BCUT2D eigenvalue weighted by atomic mass is 10.0. The van der Waals surface area contributed by atoms with Crippen molar-refractivity contribution in [1.82, 2.24) is 14.8 Å². The van der Waals surface area contributed by atoms with Crippen LogP contribution >= 0.6 is 11.3 Å². The monoisotopic (exact) mass is 389 g/mol. The molecule has 2 heterocycles. The van der Waals surface area contributed by atoms with Gasteiger partial charge in [0.05, 0.1) is 19.2 Å². The summed E-state index contributed by atoms with van der Waals surface area (Å²) in [6.07, 6.45) is 5.59. The zero-order chi connectivity index (χ0) is 19.2. The molecule has 27 heavy (non-hydrogen) atoms. The van der Waals surface area contributed by atoms with E-state index in [9.17, 15) is 0 Å². The van der Waals surface area contributed by atoms with Gasteiger partial charge in [0, 0.05) is 36.8 Å². The quantitative estimate of drug-likeness (QED) is 0.690. The summed E-state index contributed by atoms with van der Waals surface area (Å²) in [5, 5.41) is 1.16. The van der Waals surface area contributed by atoms with Gasteiger partial charge in [0.2, 0.25) is 0 Å². The lowest BCUT2D eigenvalue weighted by molar-refractivity contribution is 0.113. The number of hydrogen-bond acceptors (Lipinski definition) is 6. The number of aromatic nitrogens is 1. The Morgan fingerprint density at radius 2 is 2.07 bits per heavy atom. The number of methoxy groups -OCH3 is 2. The summed E-state index contributed by atoms with van der Waals surface area (Å²) in [5.74, 6) is 1.59. The van der Waals surface area contributed by atoms with Crippen LogP contribution in [0.15, 0.2) is 24.4 Å². The molecule has 0 bridgehead atoms. The van der Waals surface area contributed by atoms with Gasteiger partial charge in [-0.3, -0.25) is 4.90 Å². The molecule has 1 aromatic heterocycles. The molecule has 0 spiro atoms. The first-order valence-electron chi connectivity index (χ1n) is 9.64. The summed E-state index contributed by atoms with van der Waals surface area (Å²) < 4.78 is 10.8. The van der Waals surface area contributed by atoms with Crippen LogP contribution in [-0.4, -0.2) is 61.7 Å². The lowest BCUT2D eigenvalue weighted by Crippen LogP contribution is -2.46. The summed E-state index contributed by atoms with van der Waals surface area (Å²) >= 11 is 1.82. The number of likely N-dealkylation sites (N-methyl/N-ethyl adjacent to an activating group) is 1. The largest absolute Gasteiger partial charge is 0.493 e. The van der Waals surface area contributed by atoms with E-state index in [4.69, 9.17) is 9.47 Å². The molecule has 3 rings (SSSR count). The van der Waals surface area contributed by atoms with E-state index in [1.165, 1.54) is 29.8 Å². The van der Waals surface area contributed by atoms with Crippen LogP contribution in [0.4, 0.5) is 0 Å². The van der Waals surface area contributed by atoms with Crippen LogP contribution < -0.4 is 9.47 Å². The fourth-order valence-electron chi connectivity index (χ4n) is 3.76. The van der Waals surface area contributed by atoms with Gasteiger partial charge < -0.3 is 14.4 Å². The Morgan fingerprint density at radius 3 is 2.78 bits per heavy atom. The van der Waals surface area contributed by atoms with Gasteiger partial charge in [-0.25, -0.2) is 4.98 Å². The van der Waals surface area contributed by atoms with Crippen molar-refractivity contribution in [3.63, 3.8) is 0 Å². The third kappa shape index (κ3) is 5.43. The van der Waals surface area contributed by atoms with Crippen LogP contribution in [0.1, 0.15) is 28.3 Å². The molecule has 0 aliphatic carbocycles. The Bertz CT molecular complexity index is 734. The van der Waals surface area contributed by atoms with E-state index >= 15 is 0 Å². The number of likely N-dealkylation sites (tertiary alicyclic amines) is 1. The third-order valence-corrected chi connectivity index (χ3v) is 6.25. The van der Waals surface area contributed by atoms with Crippen molar-refractivity contribution in [2.75, 3.05) is 40.9 Å². The minimum atomic E-state index is 0.618. The van der Waals surface area contributed by atoms with E-state index in [0.717, 1.165) is 42.6 Å². The maximum Gasteiger partial charge on any atom is 0.160 e. The molecule has 1 aliphatic rings. The molecule has 0 N–H and O–H groups in total. The number of nitrogens with zero attached hydrogens (tertiary/aromatic N) is 3. The number of rotatable bonds is 8. The number of hydrogen-bond donors (Lipinski definition) is 0. The molecule has 2 aromatic rings. The minimum Gasteiger partial charge on any atom is -0.493 e. The van der Waals surface area contributed by atoms with Gasteiger partial charge in [0.1, 0.15) is 0 Å². The van der Waals surface area contributed by atoms with Crippen molar-refractivity contribution >= 4 is 11.3 Å². The lowest BCUT2D eigenvalue weighted by Gasteiger charge is -2.37. The maximum atomic E-state index is 5.42. The summed E-state index contributed by atoms with van der Waals surface area (Å²) in [4.78, 5) is 10.9. The summed E-state index contributed by atoms with van der Waals surface area (Å²) in [6, 6.07) is 6.83. The van der Waals surface area contributed by atoms with Crippen molar-refractivity contribution < 1.29 is 9.47 Å². The normalized spacial score (nSPS) is 18.0.